The smallest absolute Gasteiger partial charge is 0.254 e. The van der Waals surface area contributed by atoms with Gasteiger partial charge in [0.15, 0.2) is 0 Å². The molecule has 0 aliphatic carbocycles. The fourth-order valence-electron chi connectivity index (χ4n) is 2.73. The molecule has 4 aromatic rings. The normalized spacial score (nSPS) is 11.2. The van der Waals surface area contributed by atoms with Crippen molar-refractivity contribution >= 4 is 23.2 Å². The van der Waals surface area contributed by atoms with Crippen LogP contribution in [0.4, 0.5) is 5.82 Å². The summed E-state index contributed by atoms with van der Waals surface area (Å²) in [6.07, 6.45) is 1.50. The Labute approximate surface area is 149 Å². The van der Waals surface area contributed by atoms with Crippen molar-refractivity contribution in [2.45, 2.75) is 13.5 Å². The molecule has 126 valence electrons. The highest BCUT2D eigenvalue weighted by molar-refractivity contribution is 6.30. The van der Waals surface area contributed by atoms with E-state index in [4.69, 9.17) is 16.0 Å². The topological polar surface area (TPSA) is 59.5 Å². The van der Waals surface area contributed by atoms with Crippen LogP contribution in [0.1, 0.15) is 11.5 Å². The lowest BCUT2D eigenvalue weighted by atomic mass is 10.2. The summed E-state index contributed by atoms with van der Waals surface area (Å²) < 4.78 is 7.70. The summed E-state index contributed by atoms with van der Waals surface area (Å²) in [6, 6.07) is 13.5. The summed E-state index contributed by atoms with van der Waals surface area (Å²) in [5, 5.41) is 4.95. The number of hydrogen-bond acceptors (Lipinski definition) is 5. The van der Waals surface area contributed by atoms with E-state index in [1.165, 1.54) is 6.33 Å². The average Bonchev–Trinajstić information content (AvgIpc) is 3.24. The van der Waals surface area contributed by atoms with Gasteiger partial charge < -0.3 is 9.32 Å². The molecule has 0 bridgehead atoms. The molecule has 0 saturated carbocycles. The Balaban J connectivity index is 1.59. The molecule has 0 amide bonds. The number of nitrogens with zero attached hydrogens (tertiary/aromatic N) is 5. The van der Waals surface area contributed by atoms with Crippen molar-refractivity contribution < 1.29 is 4.42 Å². The standard InChI is InChI=1S/C18H16ClN5O/c1-12-9-17(24-18(22-12)20-11-21-24)23(2)10-15-7-8-16(25-15)13-3-5-14(19)6-4-13/h3-9,11H,10H2,1-2H3. The quantitative estimate of drug-likeness (QED) is 0.555. The summed E-state index contributed by atoms with van der Waals surface area (Å²) in [5.74, 6) is 3.17. The zero-order valence-electron chi connectivity index (χ0n) is 13.8. The highest BCUT2D eigenvalue weighted by atomic mass is 35.5. The van der Waals surface area contributed by atoms with E-state index in [1.807, 2.05) is 56.4 Å². The largest absolute Gasteiger partial charge is 0.459 e. The van der Waals surface area contributed by atoms with Crippen molar-refractivity contribution in [3.63, 3.8) is 0 Å². The van der Waals surface area contributed by atoms with Crippen molar-refractivity contribution in [3.8, 4) is 11.3 Å². The van der Waals surface area contributed by atoms with Gasteiger partial charge in [0.25, 0.3) is 5.78 Å². The maximum absolute atomic E-state index is 5.98. The van der Waals surface area contributed by atoms with E-state index in [1.54, 1.807) is 4.52 Å². The number of rotatable bonds is 4. The summed E-state index contributed by atoms with van der Waals surface area (Å²) in [7, 11) is 1.99. The highest BCUT2D eigenvalue weighted by Crippen LogP contribution is 2.25. The Kier molecular flexibility index (Phi) is 3.89. The van der Waals surface area contributed by atoms with E-state index in [-0.39, 0.29) is 0 Å². The van der Waals surface area contributed by atoms with E-state index in [0.29, 0.717) is 17.3 Å². The Bertz CT molecular complexity index is 1020. The number of halogens is 1. The third-order valence-electron chi connectivity index (χ3n) is 3.94. The number of fused-ring (bicyclic) bond motifs is 1. The van der Waals surface area contributed by atoms with E-state index in [0.717, 1.165) is 28.6 Å². The lowest BCUT2D eigenvalue weighted by Gasteiger charge is -2.18. The first-order valence-electron chi connectivity index (χ1n) is 7.83. The maximum Gasteiger partial charge on any atom is 0.254 e. The summed E-state index contributed by atoms with van der Waals surface area (Å²) in [6.45, 7) is 2.55. The monoisotopic (exact) mass is 353 g/mol. The molecule has 0 unspecified atom stereocenters. The van der Waals surface area contributed by atoms with Crippen LogP contribution in [0.5, 0.6) is 0 Å². The van der Waals surface area contributed by atoms with Crippen molar-refractivity contribution in [1.29, 1.82) is 0 Å². The van der Waals surface area contributed by atoms with Crippen LogP contribution in [0.2, 0.25) is 5.02 Å². The van der Waals surface area contributed by atoms with Gasteiger partial charge in [0.1, 0.15) is 23.7 Å². The number of anilines is 1. The number of benzene rings is 1. The predicted octanol–water partition coefficient (Wildman–Crippen LogP) is 3.98. The van der Waals surface area contributed by atoms with E-state index < -0.39 is 0 Å². The summed E-state index contributed by atoms with van der Waals surface area (Å²) in [5.41, 5.74) is 1.89. The van der Waals surface area contributed by atoms with Crippen LogP contribution < -0.4 is 4.90 Å². The fourth-order valence-corrected chi connectivity index (χ4v) is 2.86. The second-order valence-corrected chi connectivity index (χ2v) is 6.29. The molecule has 4 rings (SSSR count). The van der Waals surface area contributed by atoms with Gasteiger partial charge in [-0.3, -0.25) is 0 Å². The van der Waals surface area contributed by atoms with Crippen LogP contribution in [-0.2, 0) is 6.54 Å². The summed E-state index contributed by atoms with van der Waals surface area (Å²) >= 11 is 5.94. The fraction of sp³-hybridized carbons (Fsp3) is 0.167. The minimum Gasteiger partial charge on any atom is -0.459 e. The van der Waals surface area contributed by atoms with Crippen molar-refractivity contribution in [2.24, 2.45) is 0 Å². The molecule has 0 N–H and O–H groups in total. The molecule has 0 spiro atoms. The van der Waals surface area contributed by atoms with E-state index in [9.17, 15) is 0 Å². The number of aryl methyl sites for hydroxylation is 1. The zero-order chi connectivity index (χ0) is 17.4. The first-order valence-corrected chi connectivity index (χ1v) is 8.21. The molecule has 1 aromatic carbocycles. The van der Waals surface area contributed by atoms with Crippen LogP contribution in [-0.4, -0.2) is 26.6 Å². The minimum absolute atomic E-state index is 0.586. The molecule has 3 aromatic heterocycles. The van der Waals surface area contributed by atoms with Crippen molar-refractivity contribution in [3.05, 3.63) is 65.3 Å². The molecule has 25 heavy (non-hydrogen) atoms. The van der Waals surface area contributed by atoms with Crippen LogP contribution in [0.15, 0.2) is 53.2 Å². The van der Waals surface area contributed by atoms with Crippen LogP contribution >= 0.6 is 11.6 Å². The Morgan fingerprint density at radius 3 is 2.76 bits per heavy atom. The number of furan rings is 1. The molecule has 0 aliphatic rings. The Morgan fingerprint density at radius 2 is 1.96 bits per heavy atom. The Hall–Kier alpha value is -2.86. The van der Waals surface area contributed by atoms with Gasteiger partial charge in [-0.2, -0.15) is 14.6 Å². The SMILES string of the molecule is Cc1cc(N(C)Cc2ccc(-c3ccc(Cl)cc3)o2)n2ncnc2n1. The molecule has 0 radical (unpaired) electrons. The molecule has 0 saturated heterocycles. The van der Waals surface area contributed by atoms with E-state index >= 15 is 0 Å². The first kappa shape index (κ1) is 15.7. The average molecular weight is 354 g/mol. The molecule has 0 fully saturated rings. The van der Waals surface area contributed by atoms with Gasteiger partial charge in [-0.05, 0) is 43.3 Å². The second-order valence-electron chi connectivity index (χ2n) is 5.86. The predicted molar refractivity (Wildman–Crippen MR) is 96.8 cm³/mol. The van der Waals surface area contributed by atoms with Gasteiger partial charge in [-0.1, -0.05) is 11.6 Å². The highest BCUT2D eigenvalue weighted by Gasteiger charge is 2.13. The van der Waals surface area contributed by atoms with Gasteiger partial charge in [-0.15, -0.1) is 0 Å². The lowest BCUT2D eigenvalue weighted by molar-refractivity contribution is 0.518. The van der Waals surface area contributed by atoms with Gasteiger partial charge in [0, 0.05) is 29.4 Å². The van der Waals surface area contributed by atoms with Crippen LogP contribution in [0.25, 0.3) is 17.1 Å². The van der Waals surface area contributed by atoms with Crippen molar-refractivity contribution in [2.75, 3.05) is 11.9 Å². The molecular formula is C18H16ClN5O. The zero-order valence-corrected chi connectivity index (χ0v) is 14.6. The lowest BCUT2D eigenvalue weighted by Crippen LogP contribution is -2.20. The summed E-state index contributed by atoms with van der Waals surface area (Å²) in [4.78, 5) is 10.6. The minimum atomic E-state index is 0.586. The van der Waals surface area contributed by atoms with Crippen molar-refractivity contribution in [1.82, 2.24) is 19.6 Å². The molecule has 3 heterocycles. The molecule has 6 nitrogen and oxygen atoms in total. The van der Waals surface area contributed by atoms with Crippen LogP contribution in [0.3, 0.4) is 0 Å². The third-order valence-corrected chi connectivity index (χ3v) is 4.19. The van der Waals surface area contributed by atoms with Gasteiger partial charge in [-0.25, -0.2) is 4.98 Å². The molecule has 0 aliphatic heterocycles. The maximum atomic E-state index is 5.98. The third kappa shape index (κ3) is 3.08. The number of hydrogen-bond donors (Lipinski definition) is 0. The van der Waals surface area contributed by atoms with Gasteiger partial charge >= 0.3 is 0 Å². The van der Waals surface area contributed by atoms with E-state index in [2.05, 4.69) is 20.0 Å². The molecule has 0 atom stereocenters. The molecular weight excluding hydrogens is 338 g/mol. The van der Waals surface area contributed by atoms with Gasteiger partial charge in [0.2, 0.25) is 0 Å². The second kappa shape index (κ2) is 6.22. The van der Waals surface area contributed by atoms with Crippen LogP contribution in [0, 0.1) is 6.92 Å². The first-order chi connectivity index (χ1) is 12.1. The Morgan fingerprint density at radius 1 is 1.16 bits per heavy atom. The van der Waals surface area contributed by atoms with Gasteiger partial charge in [0.05, 0.1) is 6.54 Å². The molecule has 7 heteroatoms. The number of aromatic nitrogens is 4.